The number of thioether (sulfide) groups is 1. The first-order valence-corrected chi connectivity index (χ1v) is 7.06. The van der Waals surface area contributed by atoms with Gasteiger partial charge in [0.05, 0.1) is 5.54 Å². The lowest BCUT2D eigenvalue weighted by Crippen LogP contribution is -2.42. The van der Waals surface area contributed by atoms with E-state index in [1.54, 1.807) is 11.3 Å². The highest BCUT2D eigenvalue weighted by Gasteiger charge is 2.37. The fourth-order valence-corrected chi connectivity index (χ4v) is 4.32. The van der Waals surface area contributed by atoms with Gasteiger partial charge in [0.25, 0.3) is 0 Å². The van der Waals surface area contributed by atoms with Gasteiger partial charge in [-0.15, -0.1) is 11.3 Å². The quantitative estimate of drug-likeness (QED) is 0.860. The summed E-state index contributed by atoms with van der Waals surface area (Å²) >= 11 is 3.83. The molecule has 0 spiro atoms. The van der Waals surface area contributed by atoms with E-state index in [0.29, 0.717) is 0 Å². The molecule has 1 aliphatic rings. The summed E-state index contributed by atoms with van der Waals surface area (Å²) in [5, 5.41) is 7.04. The summed E-state index contributed by atoms with van der Waals surface area (Å²) in [5.74, 6) is 2.43. The number of thiazole rings is 1. The molecule has 1 aromatic heterocycles. The molecule has 14 heavy (non-hydrogen) atoms. The zero-order chi connectivity index (χ0) is 10.0. The average molecular weight is 228 g/mol. The SMILES string of the molecule is CCNC1(c2nc(C)cs2)CCSC1. The van der Waals surface area contributed by atoms with Crippen molar-refractivity contribution >= 4 is 23.1 Å². The molecule has 0 bridgehead atoms. The highest BCUT2D eigenvalue weighted by molar-refractivity contribution is 7.99. The van der Waals surface area contributed by atoms with Crippen molar-refractivity contribution in [3.05, 3.63) is 16.1 Å². The van der Waals surface area contributed by atoms with E-state index >= 15 is 0 Å². The summed E-state index contributed by atoms with van der Waals surface area (Å²) in [7, 11) is 0. The molecule has 1 atom stereocenters. The van der Waals surface area contributed by atoms with Crippen LogP contribution in [0.5, 0.6) is 0 Å². The molecule has 2 nitrogen and oxygen atoms in total. The largest absolute Gasteiger partial charge is 0.305 e. The highest BCUT2D eigenvalue weighted by Crippen LogP contribution is 2.38. The van der Waals surface area contributed by atoms with Crippen LogP contribution in [0.3, 0.4) is 0 Å². The number of aryl methyl sites for hydroxylation is 1. The standard InChI is InChI=1S/C10H16N2S2/c1-3-11-10(4-5-13-7-10)9-12-8(2)6-14-9/h6,11H,3-5,7H2,1-2H3. The summed E-state index contributed by atoms with van der Waals surface area (Å²) in [4.78, 5) is 4.63. The number of hydrogen-bond acceptors (Lipinski definition) is 4. The van der Waals surface area contributed by atoms with Gasteiger partial charge in [-0.3, -0.25) is 0 Å². The molecule has 0 amide bonds. The molecule has 1 unspecified atom stereocenters. The Balaban J connectivity index is 2.26. The lowest BCUT2D eigenvalue weighted by atomic mass is 10.00. The Kier molecular flexibility index (Phi) is 3.14. The van der Waals surface area contributed by atoms with Gasteiger partial charge < -0.3 is 5.32 Å². The Morgan fingerprint density at radius 1 is 1.64 bits per heavy atom. The van der Waals surface area contributed by atoms with E-state index in [1.165, 1.54) is 22.9 Å². The third-order valence-electron chi connectivity index (χ3n) is 2.57. The number of nitrogens with one attached hydrogen (secondary N) is 1. The van der Waals surface area contributed by atoms with E-state index in [9.17, 15) is 0 Å². The summed E-state index contributed by atoms with van der Waals surface area (Å²) in [6, 6.07) is 0. The lowest BCUT2D eigenvalue weighted by molar-refractivity contribution is 0.384. The molecule has 0 aliphatic carbocycles. The fourth-order valence-electron chi connectivity index (χ4n) is 1.86. The molecule has 0 saturated carbocycles. The number of nitrogens with zero attached hydrogens (tertiary/aromatic N) is 1. The lowest BCUT2D eigenvalue weighted by Gasteiger charge is -2.26. The van der Waals surface area contributed by atoms with E-state index < -0.39 is 0 Å². The Morgan fingerprint density at radius 2 is 2.50 bits per heavy atom. The zero-order valence-corrected chi connectivity index (χ0v) is 10.3. The Labute approximate surface area is 93.5 Å². The summed E-state index contributed by atoms with van der Waals surface area (Å²) in [5.41, 5.74) is 1.33. The van der Waals surface area contributed by atoms with Crippen molar-refractivity contribution in [2.45, 2.75) is 25.8 Å². The van der Waals surface area contributed by atoms with Crippen molar-refractivity contribution in [1.29, 1.82) is 0 Å². The van der Waals surface area contributed by atoms with Gasteiger partial charge in [0.2, 0.25) is 0 Å². The van der Waals surface area contributed by atoms with E-state index in [2.05, 4.69) is 29.5 Å². The van der Waals surface area contributed by atoms with Gasteiger partial charge in [-0.25, -0.2) is 4.98 Å². The predicted molar refractivity (Wildman–Crippen MR) is 64.1 cm³/mol. The van der Waals surface area contributed by atoms with Crippen LogP contribution >= 0.6 is 23.1 Å². The van der Waals surface area contributed by atoms with Crippen LogP contribution < -0.4 is 5.32 Å². The van der Waals surface area contributed by atoms with Crippen LogP contribution in [-0.4, -0.2) is 23.0 Å². The molecule has 0 radical (unpaired) electrons. The van der Waals surface area contributed by atoms with Gasteiger partial charge in [-0.1, -0.05) is 6.92 Å². The third-order valence-corrected chi connectivity index (χ3v) is 4.92. The molecular formula is C10H16N2S2. The second-order valence-electron chi connectivity index (χ2n) is 3.71. The Morgan fingerprint density at radius 3 is 3.00 bits per heavy atom. The minimum Gasteiger partial charge on any atom is -0.305 e. The molecule has 78 valence electrons. The summed E-state index contributed by atoms with van der Waals surface area (Å²) < 4.78 is 0. The second-order valence-corrected chi connectivity index (χ2v) is 5.67. The van der Waals surface area contributed by atoms with Crippen LogP contribution in [0.1, 0.15) is 24.0 Å². The molecule has 4 heteroatoms. The number of hydrogen-bond donors (Lipinski definition) is 1. The highest BCUT2D eigenvalue weighted by atomic mass is 32.2. The third kappa shape index (κ3) is 1.83. The number of rotatable bonds is 3. The molecule has 1 aromatic rings. The van der Waals surface area contributed by atoms with Crippen LogP contribution in [-0.2, 0) is 5.54 Å². The van der Waals surface area contributed by atoms with E-state index in [-0.39, 0.29) is 5.54 Å². The van der Waals surface area contributed by atoms with Crippen LogP contribution in [0.25, 0.3) is 0 Å². The van der Waals surface area contributed by atoms with Gasteiger partial charge in [-0.05, 0) is 25.6 Å². The van der Waals surface area contributed by atoms with Crippen molar-refractivity contribution in [1.82, 2.24) is 10.3 Å². The predicted octanol–water partition coefficient (Wildman–Crippen LogP) is 2.39. The monoisotopic (exact) mass is 228 g/mol. The van der Waals surface area contributed by atoms with Gasteiger partial charge >= 0.3 is 0 Å². The maximum absolute atomic E-state index is 4.63. The minimum atomic E-state index is 0.179. The Hall–Kier alpha value is -0.0600. The summed E-state index contributed by atoms with van der Waals surface area (Å²) in [6.45, 7) is 5.27. The van der Waals surface area contributed by atoms with Crippen LogP contribution in [0.15, 0.2) is 5.38 Å². The van der Waals surface area contributed by atoms with Gasteiger partial charge in [0, 0.05) is 16.8 Å². The zero-order valence-electron chi connectivity index (χ0n) is 8.67. The first-order valence-electron chi connectivity index (χ1n) is 5.02. The summed E-state index contributed by atoms with van der Waals surface area (Å²) in [6.07, 6.45) is 1.22. The molecule has 1 N–H and O–H groups in total. The van der Waals surface area contributed by atoms with Crippen molar-refractivity contribution in [2.75, 3.05) is 18.1 Å². The molecular weight excluding hydrogens is 212 g/mol. The maximum Gasteiger partial charge on any atom is 0.114 e. The maximum atomic E-state index is 4.63. The topological polar surface area (TPSA) is 24.9 Å². The second kappa shape index (κ2) is 4.21. The Bertz CT molecular complexity index is 303. The van der Waals surface area contributed by atoms with E-state index in [4.69, 9.17) is 0 Å². The minimum absolute atomic E-state index is 0.179. The number of aromatic nitrogens is 1. The molecule has 2 rings (SSSR count). The smallest absolute Gasteiger partial charge is 0.114 e. The van der Waals surface area contributed by atoms with Crippen LogP contribution in [0.4, 0.5) is 0 Å². The molecule has 1 saturated heterocycles. The first kappa shape index (κ1) is 10.5. The first-order chi connectivity index (χ1) is 6.77. The van der Waals surface area contributed by atoms with Crippen molar-refractivity contribution < 1.29 is 0 Å². The van der Waals surface area contributed by atoms with Gasteiger partial charge in [-0.2, -0.15) is 11.8 Å². The van der Waals surface area contributed by atoms with Gasteiger partial charge in [0.15, 0.2) is 0 Å². The van der Waals surface area contributed by atoms with Crippen LogP contribution in [0, 0.1) is 6.92 Å². The molecule has 2 heterocycles. The van der Waals surface area contributed by atoms with Gasteiger partial charge in [0.1, 0.15) is 5.01 Å². The van der Waals surface area contributed by atoms with Crippen molar-refractivity contribution in [2.24, 2.45) is 0 Å². The fraction of sp³-hybridized carbons (Fsp3) is 0.700. The molecule has 1 aliphatic heterocycles. The average Bonchev–Trinajstić information content (AvgIpc) is 2.75. The van der Waals surface area contributed by atoms with E-state index in [0.717, 1.165) is 12.2 Å². The van der Waals surface area contributed by atoms with Crippen molar-refractivity contribution in [3.8, 4) is 0 Å². The molecule has 0 aromatic carbocycles. The van der Waals surface area contributed by atoms with Crippen LogP contribution in [0.2, 0.25) is 0 Å². The van der Waals surface area contributed by atoms with Crippen molar-refractivity contribution in [3.63, 3.8) is 0 Å². The normalized spacial score (nSPS) is 27.0. The molecule has 1 fully saturated rings. The van der Waals surface area contributed by atoms with E-state index in [1.807, 2.05) is 11.8 Å².